The van der Waals surface area contributed by atoms with Crippen LogP contribution in [0.3, 0.4) is 0 Å². The summed E-state index contributed by atoms with van der Waals surface area (Å²) in [5.74, 6) is 0.0211. The molecule has 1 N–H and O–H groups in total. The van der Waals surface area contributed by atoms with Crippen molar-refractivity contribution in [1.29, 1.82) is 0 Å². The van der Waals surface area contributed by atoms with Crippen LogP contribution in [0.1, 0.15) is 43.2 Å². The van der Waals surface area contributed by atoms with Crippen molar-refractivity contribution in [3.05, 3.63) is 24.2 Å². The van der Waals surface area contributed by atoms with E-state index in [1.165, 1.54) is 12.7 Å². The summed E-state index contributed by atoms with van der Waals surface area (Å²) in [6.45, 7) is 3.08. The molecule has 1 aliphatic rings. The van der Waals surface area contributed by atoms with E-state index in [4.69, 9.17) is 16.6 Å². The highest BCUT2D eigenvalue weighted by Crippen LogP contribution is 2.19. The molecule has 1 aromatic heterocycles. The molecular weight excluding hydrogens is 248 g/mol. The number of carbonyl (C=O) groups is 1. The van der Waals surface area contributed by atoms with Gasteiger partial charge in [0.25, 0.3) is 5.91 Å². The highest BCUT2D eigenvalue weighted by atomic mass is 32.1. The molecule has 1 saturated heterocycles. The zero-order chi connectivity index (χ0) is 13.0. The van der Waals surface area contributed by atoms with Crippen LogP contribution in [-0.2, 0) is 0 Å². The monoisotopic (exact) mass is 266 g/mol. The SMILES string of the molecule is CC[C@H]1CCCCN1C(=S)NC(=O)c1ccco1. The van der Waals surface area contributed by atoms with Crippen molar-refractivity contribution in [2.75, 3.05) is 6.54 Å². The van der Waals surface area contributed by atoms with Gasteiger partial charge < -0.3 is 9.32 Å². The largest absolute Gasteiger partial charge is 0.459 e. The summed E-state index contributed by atoms with van der Waals surface area (Å²) >= 11 is 5.32. The van der Waals surface area contributed by atoms with E-state index in [2.05, 4.69) is 17.1 Å². The molecule has 0 aromatic carbocycles. The van der Waals surface area contributed by atoms with Crippen molar-refractivity contribution in [2.45, 2.75) is 38.6 Å². The number of likely N-dealkylation sites (tertiary alicyclic amines) is 1. The first-order valence-electron chi connectivity index (χ1n) is 6.38. The van der Waals surface area contributed by atoms with Crippen molar-refractivity contribution in [1.82, 2.24) is 10.2 Å². The number of thiocarbonyl (C=S) groups is 1. The van der Waals surface area contributed by atoms with Crippen LogP contribution in [0.25, 0.3) is 0 Å². The van der Waals surface area contributed by atoms with Crippen LogP contribution in [0.5, 0.6) is 0 Å². The van der Waals surface area contributed by atoms with Crippen LogP contribution in [0.2, 0.25) is 0 Å². The summed E-state index contributed by atoms with van der Waals surface area (Å²) in [5, 5.41) is 3.26. The Kier molecular flexibility index (Phi) is 4.36. The molecule has 4 nitrogen and oxygen atoms in total. The molecule has 1 aliphatic heterocycles. The molecule has 2 heterocycles. The van der Waals surface area contributed by atoms with Gasteiger partial charge in [-0.3, -0.25) is 10.1 Å². The minimum Gasteiger partial charge on any atom is -0.459 e. The van der Waals surface area contributed by atoms with Crippen molar-refractivity contribution in [3.8, 4) is 0 Å². The topological polar surface area (TPSA) is 45.5 Å². The lowest BCUT2D eigenvalue weighted by atomic mass is 10.0. The van der Waals surface area contributed by atoms with Gasteiger partial charge >= 0.3 is 0 Å². The maximum absolute atomic E-state index is 11.8. The molecule has 2 rings (SSSR count). The van der Waals surface area contributed by atoms with Gasteiger partial charge in [-0.1, -0.05) is 6.92 Å². The van der Waals surface area contributed by atoms with Gasteiger partial charge in [-0.15, -0.1) is 0 Å². The van der Waals surface area contributed by atoms with Crippen LogP contribution in [0.4, 0.5) is 0 Å². The van der Waals surface area contributed by atoms with E-state index < -0.39 is 0 Å². The predicted molar refractivity (Wildman–Crippen MR) is 73.4 cm³/mol. The second-order valence-corrected chi connectivity index (χ2v) is 4.87. The lowest BCUT2D eigenvalue weighted by Crippen LogP contribution is -2.49. The minimum atomic E-state index is -0.273. The van der Waals surface area contributed by atoms with E-state index in [9.17, 15) is 4.79 Å². The van der Waals surface area contributed by atoms with Crippen LogP contribution < -0.4 is 5.32 Å². The summed E-state index contributed by atoms with van der Waals surface area (Å²) in [5.41, 5.74) is 0. The summed E-state index contributed by atoms with van der Waals surface area (Å²) < 4.78 is 5.05. The fourth-order valence-electron chi connectivity index (χ4n) is 2.33. The van der Waals surface area contributed by atoms with Crippen molar-refractivity contribution in [2.24, 2.45) is 0 Å². The summed E-state index contributed by atoms with van der Waals surface area (Å²) in [6.07, 6.45) is 6.05. The van der Waals surface area contributed by atoms with E-state index in [1.807, 2.05) is 0 Å². The summed E-state index contributed by atoms with van der Waals surface area (Å²) in [7, 11) is 0. The molecule has 18 heavy (non-hydrogen) atoms. The highest BCUT2D eigenvalue weighted by Gasteiger charge is 2.24. The maximum atomic E-state index is 11.8. The Hall–Kier alpha value is -1.36. The van der Waals surface area contributed by atoms with Crippen LogP contribution in [0, 0.1) is 0 Å². The van der Waals surface area contributed by atoms with Gasteiger partial charge in [-0.25, -0.2) is 0 Å². The molecule has 5 heteroatoms. The lowest BCUT2D eigenvalue weighted by Gasteiger charge is -2.36. The minimum absolute atomic E-state index is 0.273. The van der Waals surface area contributed by atoms with Gasteiger partial charge in [0.2, 0.25) is 0 Å². The number of amides is 1. The third-order valence-corrected chi connectivity index (χ3v) is 3.66. The van der Waals surface area contributed by atoms with Crippen molar-refractivity contribution >= 4 is 23.2 Å². The van der Waals surface area contributed by atoms with E-state index in [0.29, 0.717) is 16.9 Å². The van der Waals surface area contributed by atoms with Crippen LogP contribution >= 0.6 is 12.2 Å². The highest BCUT2D eigenvalue weighted by molar-refractivity contribution is 7.80. The molecule has 1 atom stereocenters. The summed E-state index contributed by atoms with van der Waals surface area (Å²) in [6, 6.07) is 3.77. The number of nitrogens with one attached hydrogen (secondary N) is 1. The smallest absolute Gasteiger partial charge is 0.293 e. The normalized spacial score (nSPS) is 19.6. The van der Waals surface area contributed by atoms with Crippen molar-refractivity contribution < 1.29 is 9.21 Å². The predicted octanol–water partition coefficient (Wildman–Crippen LogP) is 2.56. The average molecular weight is 266 g/mol. The maximum Gasteiger partial charge on any atom is 0.293 e. The Bertz CT molecular complexity index is 417. The van der Waals surface area contributed by atoms with Crippen molar-refractivity contribution in [3.63, 3.8) is 0 Å². The zero-order valence-corrected chi connectivity index (χ0v) is 11.3. The number of rotatable bonds is 2. The lowest BCUT2D eigenvalue weighted by molar-refractivity contribution is 0.0942. The fourth-order valence-corrected chi connectivity index (χ4v) is 2.66. The number of hydrogen-bond donors (Lipinski definition) is 1. The standard InChI is InChI=1S/C13H18N2O2S/c1-2-10-6-3-4-8-15(10)13(18)14-12(16)11-7-5-9-17-11/h5,7,9-10H,2-4,6,8H2,1H3,(H,14,16,18)/t10-/m0/s1. The third kappa shape index (κ3) is 2.90. The Morgan fingerprint density at radius 3 is 3.11 bits per heavy atom. The average Bonchev–Trinajstić information content (AvgIpc) is 2.92. The first-order valence-corrected chi connectivity index (χ1v) is 6.78. The third-order valence-electron chi connectivity index (χ3n) is 3.32. The molecule has 0 aliphatic carbocycles. The summed E-state index contributed by atoms with van der Waals surface area (Å²) in [4.78, 5) is 14.0. The molecule has 1 amide bonds. The van der Waals surface area contributed by atoms with Gasteiger partial charge in [-0.05, 0) is 50.0 Å². The number of carbonyl (C=O) groups excluding carboxylic acids is 1. The van der Waals surface area contributed by atoms with E-state index in [1.54, 1.807) is 12.1 Å². The van der Waals surface area contributed by atoms with Crippen LogP contribution in [-0.4, -0.2) is 28.5 Å². The molecule has 1 fully saturated rings. The molecule has 0 radical (unpaired) electrons. The molecule has 0 spiro atoms. The van der Waals surface area contributed by atoms with E-state index in [-0.39, 0.29) is 5.91 Å². The zero-order valence-electron chi connectivity index (χ0n) is 10.5. The van der Waals surface area contributed by atoms with Crippen LogP contribution in [0.15, 0.2) is 22.8 Å². The van der Waals surface area contributed by atoms with Gasteiger partial charge in [0.1, 0.15) is 0 Å². The Morgan fingerprint density at radius 1 is 1.61 bits per heavy atom. The molecule has 0 unspecified atom stereocenters. The number of piperidine rings is 1. The Morgan fingerprint density at radius 2 is 2.44 bits per heavy atom. The molecular formula is C13H18N2O2S. The van der Waals surface area contributed by atoms with E-state index >= 15 is 0 Å². The molecule has 0 bridgehead atoms. The Labute approximate surface area is 112 Å². The van der Waals surface area contributed by atoms with E-state index in [0.717, 1.165) is 25.8 Å². The fraction of sp³-hybridized carbons (Fsp3) is 0.538. The van der Waals surface area contributed by atoms with Gasteiger partial charge in [0, 0.05) is 12.6 Å². The number of nitrogens with zero attached hydrogens (tertiary/aromatic N) is 1. The quantitative estimate of drug-likeness (QED) is 0.836. The number of hydrogen-bond acceptors (Lipinski definition) is 3. The second kappa shape index (κ2) is 6.00. The van der Waals surface area contributed by atoms with Gasteiger partial charge in [0.15, 0.2) is 10.9 Å². The van der Waals surface area contributed by atoms with Gasteiger partial charge in [-0.2, -0.15) is 0 Å². The first kappa shape index (κ1) is 13.1. The molecule has 98 valence electrons. The van der Waals surface area contributed by atoms with Gasteiger partial charge in [0.05, 0.1) is 6.26 Å². The Balaban J connectivity index is 1.96. The molecule has 1 aromatic rings. The second-order valence-electron chi connectivity index (χ2n) is 4.49. The first-order chi connectivity index (χ1) is 8.72. The number of furan rings is 1. The molecule has 0 saturated carbocycles.